The second-order valence-electron chi connectivity index (χ2n) is 9.11. The van der Waals surface area contributed by atoms with E-state index in [2.05, 4.69) is 5.32 Å². The summed E-state index contributed by atoms with van der Waals surface area (Å²) in [7, 11) is 0. The summed E-state index contributed by atoms with van der Waals surface area (Å²) in [5.74, 6) is 2.56. The van der Waals surface area contributed by atoms with E-state index in [1.54, 1.807) is 24.3 Å². The molecule has 4 bridgehead atoms. The minimum atomic E-state index is -0.320. The molecule has 4 fully saturated rings. The first kappa shape index (κ1) is 19.2. The number of amides is 1. The van der Waals surface area contributed by atoms with Gasteiger partial charge in [0, 0.05) is 23.9 Å². The summed E-state index contributed by atoms with van der Waals surface area (Å²) in [6, 6.07) is 6.56. The van der Waals surface area contributed by atoms with Crippen molar-refractivity contribution in [2.24, 2.45) is 23.2 Å². The number of rotatable bonds is 7. The van der Waals surface area contributed by atoms with Crippen molar-refractivity contribution in [2.75, 3.05) is 6.54 Å². The summed E-state index contributed by atoms with van der Waals surface area (Å²) >= 11 is 0. The van der Waals surface area contributed by atoms with Crippen molar-refractivity contribution in [2.45, 2.75) is 58.3 Å². The van der Waals surface area contributed by atoms with E-state index in [0.717, 1.165) is 37.0 Å². The third kappa shape index (κ3) is 3.98. The van der Waals surface area contributed by atoms with Crippen molar-refractivity contribution < 1.29 is 19.1 Å². The Morgan fingerprint density at radius 3 is 2.11 bits per heavy atom. The van der Waals surface area contributed by atoms with Crippen LogP contribution in [0.1, 0.15) is 68.6 Å². The molecule has 1 aromatic carbocycles. The maximum absolute atomic E-state index is 12.9. The third-order valence-electron chi connectivity index (χ3n) is 6.86. The highest BCUT2D eigenvalue weighted by Gasteiger charge is 2.54. The van der Waals surface area contributed by atoms with Crippen LogP contribution in [-0.4, -0.2) is 24.2 Å². The summed E-state index contributed by atoms with van der Waals surface area (Å²) in [5, 5.41) is 3.09. The second-order valence-corrected chi connectivity index (χ2v) is 9.11. The number of Topliss-reactive ketones (excluding diaryl/α,β-unsaturated/α-hetero) is 1. The van der Waals surface area contributed by atoms with Crippen LogP contribution in [0.4, 0.5) is 0 Å². The van der Waals surface area contributed by atoms with Crippen LogP contribution < -0.4 is 10.1 Å². The number of esters is 1. The lowest BCUT2D eigenvalue weighted by molar-refractivity contribution is -0.146. The van der Waals surface area contributed by atoms with Crippen LogP contribution in [0.2, 0.25) is 0 Å². The van der Waals surface area contributed by atoms with Gasteiger partial charge in [0.1, 0.15) is 5.75 Å². The van der Waals surface area contributed by atoms with Crippen molar-refractivity contribution in [1.29, 1.82) is 0 Å². The Morgan fingerprint density at radius 2 is 1.57 bits per heavy atom. The molecule has 5 heteroatoms. The lowest BCUT2D eigenvalue weighted by atomic mass is 9.49. The number of ether oxygens (including phenoxy) is 1. The summed E-state index contributed by atoms with van der Waals surface area (Å²) in [5.41, 5.74) is 0.459. The molecule has 150 valence electrons. The fourth-order valence-corrected chi connectivity index (χ4v) is 5.95. The van der Waals surface area contributed by atoms with E-state index in [4.69, 9.17) is 4.74 Å². The van der Waals surface area contributed by atoms with Crippen LogP contribution in [0.15, 0.2) is 24.3 Å². The molecule has 1 aromatic rings. The van der Waals surface area contributed by atoms with Crippen molar-refractivity contribution in [3.8, 4) is 5.75 Å². The molecule has 4 aliphatic carbocycles. The van der Waals surface area contributed by atoms with Gasteiger partial charge in [0.2, 0.25) is 5.91 Å². The molecule has 0 spiro atoms. The minimum absolute atomic E-state index is 0.0207. The van der Waals surface area contributed by atoms with Gasteiger partial charge in [-0.25, -0.2) is 0 Å². The molecular weight excluding hydrogens is 354 g/mol. The average Bonchev–Trinajstić information content (AvgIpc) is 2.64. The molecule has 0 heterocycles. The molecule has 0 aliphatic heterocycles. The molecule has 0 radical (unpaired) electrons. The summed E-state index contributed by atoms with van der Waals surface area (Å²) in [4.78, 5) is 36.1. The van der Waals surface area contributed by atoms with Gasteiger partial charge in [-0.3, -0.25) is 14.4 Å². The molecule has 1 amide bonds. The zero-order chi connectivity index (χ0) is 19.7. The Morgan fingerprint density at radius 1 is 1.00 bits per heavy atom. The van der Waals surface area contributed by atoms with Crippen molar-refractivity contribution >= 4 is 17.7 Å². The fraction of sp³-hybridized carbons (Fsp3) is 0.609. The number of carbonyl (C=O) groups is 3. The van der Waals surface area contributed by atoms with E-state index in [-0.39, 0.29) is 29.5 Å². The first-order valence-corrected chi connectivity index (χ1v) is 10.5. The van der Waals surface area contributed by atoms with Gasteiger partial charge in [-0.1, -0.05) is 0 Å². The first-order valence-electron chi connectivity index (χ1n) is 10.5. The van der Waals surface area contributed by atoms with Gasteiger partial charge in [-0.2, -0.15) is 0 Å². The topological polar surface area (TPSA) is 72.5 Å². The number of hydrogen-bond donors (Lipinski definition) is 1. The molecule has 1 N–H and O–H groups in total. The lowest BCUT2D eigenvalue weighted by Crippen LogP contribution is -2.53. The Kier molecular flexibility index (Phi) is 5.26. The molecule has 0 atom stereocenters. The molecule has 0 unspecified atom stereocenters. The van der Waals surface area contributed by atoms with E-state index in [1.807, 2.05) is 0 Å². The first-order chi connectivity index (χ1) is 13.4. The Bertz CT molecular complexity index is 732. The third-order valence-corrected chi connectivity index (χ3v) is 6.86. The monoisotopic (exact) mass is 383 g/mol. The molecule has 0 aromatic heterocycles. The maximum Gasteiger partial charge on any atom is 0.311 e. The Labute approximate surface area is 166 Å². The van der Waals surface area contributed by atoms with Gasteiger partial charge in [0.05, 0.1) is 0 Å². The van der Waals surface area contributed by atoms with Crippen LogP contribution in [0.5, 0.6) is 5.75 Å². The Hall–Kier alpha value is -2.17. The van der Waals surface area contributed by atoms with Gasteiger partial charge < -0.3 is 10.1 Å². The molecule has 4 saturated carbocycles. The maximum atomic E-state index is 12.9. The normalized spacial score (nSPS) is 30.1. The van der Waals surface area contributed by atoms with Crippen molar-refractivity contribution in [1.82, 2.24) is 5.32 Å². The number of nitrogens with one attached hydrogen (secondary N) is 1. The molecule has 5 rings (SSSR count). The second kappa shape index (κ2) is 7.69. The Balaban J connectivity index is 1.20. The van der Waals surface area contributed by atoms with E-state index in [9.17, 15) is 14.4 Å². The van der Waals surface area contributed by atoms with Gasteiger partial charge in [-0.15, -0.1) is 0 Å². The SMILES string of the molecule is CC(=O)c1ccc(OC(=O)CCCNC(=O)C23CC4CC(CC(C4)C2)C3)cc1. The number of ketones is 1. The predicted octanol–water partition coefficient (Wildman–Crippen LogP) is 3.91. The summed E-state index contributed by atoms with van der Waals surface area (Å²) < 4.78 is 5.29. The zero-order valence-electron chi connectivity index (χ0n) is 16.5. The summed E-state index contributed by atoms with van der Waals surface area (Å²) in [6.45, 7) is 2.01. The van der Waals surface area contributed by atoms with Crippen LogP contribution in [0.25, 0.3) is 0 Å². The number of hydrogen-bond acceptors (Lipinski definition) is 4. The minimum Gasteiger partial charge on any atom is -0.427 e. The van der Waals surface area contributed by atoms with E-state index in [0.29, 0.717) is 24.3 Å². The number of carbonyl (C=O) groups excluding carboxylic acids is 3. The van der Waals surface area contributed by atoms with Gasteiger partial charge >= 0.3 is 5.97 Å². The number of benzene rings is 1. The standard InChI is InChI=1S/C23H29NO4/c1-15(25)19-4-6-20(7-5-19)28-21(26)3-2-8-24-22(27)23-12-16-9-17(13-23)11-18(10-16)14-23/h4-7,16-18H,2-3,8-14H2,1H3,(H,24,27). The smallest absolute Gasteiger partial charge is 0.311 e. The zero-order valence-corrected chi connectivity index (χ0v) is 16.5. The lowest BCUT2D eigenvalue weighted by Gasteiger charge is -2.55. The van der Waals surface area contributed by atoms with Crippen molar-refractivity contribution in [3.05, 3.63) is 29.8 Å². The highest BCUT2D eigenvalue weighted by molar-refractivity contribution is 5.94. The van der Waals surface area contributed by atoms with Gasteiger partial charge in [0.15, 0.2) is 5.78 Å². The molecular formula is C23H29NO4. The van der Waals surface area contributed by atoms with Crippen LogP contribution in [0, 0.1) is 23.2 Å². The molecule has 28 heavy (non-hydrogen) atoms. The van der Waals surface area contributed by atoms with E-state index in [1.165, 1.54) is 26.2 Å². The summed E-state index contributed by atoms with van der Waals surface area (Å²) in [6.07, 6.45) is 7.98. The van der Waals surface area contributed by atoms with Gasteiger partial charge in [-0.05, 0) is 93.9 Å². The molecule has 0 saturated heterocycles. The van der Waals surface area contributed by atoms with Crippen molar-refractivity contribution in [3.63, 3.8) is 0 Å². The quantitative estimate of drug-likeness (QED) is 0.335. The molecule has 5 nitrogen and oxygen atoms in total. The van der Waals surface area contributed by atoms with Crippen LogP contribution in [-0.2, 0) is 9.59 Å². The van der Waals surface area contributed by atoms with E-state index < -0.39 is 0 Å². The van der Waals surface area contributed by atoms with Crippen LogP contribution in [0.3, 0.4) is 0 Å². The average molecular weight is 383 g/mol. The van der Waals surface area contributed by atoms with Gasteiger partial charge in [0.25, 0.3) is 0 Å². The highest BCUT2D eigenvalue weighted by atomic mass is 16.5. The van der Waals surface area contributed by atoms with E-state index >= 15 is 0 Å². The molecule has 4 aliphatic rings. The fourth-order valence-electron chi connectivity index (χ4n) is 5.95. The van der Waals surface area contributed by atoms with Crippen LogP contribution >= 0.6 is 0 Å². The predicted molar refractivity (Wildman–Crippen MR) is 105 cm³/mol. The largest absolute Gasteiger partial charge is 0.427 e. The highest BCUT2D eigenvalue weighted by Crippen LogP contribution is 2.60.